The van der Waals surface area contributed by atoms with Gasteiger partial charge in [-0.15, -0.1) is 0 Å². The van der Waals surface area contributed by atoms with Gasteiger partial charge in [0.2, 0.25) is 0 Å². The van der Waals surface area contributed by atoms with E-state index >= 15 is 0 Å². The molecule has 0 N–H and O–H groups in total. The van der Waals surface area contributed by atoms with Crippen LogP contribution in [0.3, 0.4) is 0 Å². The van der Waals surface area contributed by atoms with Gasteiger partial charge in [-0.2, -0.15) is 0 Å². The minimum absolute atomic E-state index is 0.726. The Morgan fingerprint density at radius 2 is 1.35 bits per heavy atom. The number of hydrogen-bond donors (Lipinski definition) is 0. The lowest BCUT2D eigenvalue weighted by atomic mass is 9.87. The molecule has 0 amide bonds. The molecular weight excluding hydrogens is 414 g/mol. The van der Waals surface area contributed by atoms with Gasteiger partial charge in [0.15, 0.2) is 0 Å². The van der Waals surface area contributed by atoms with Crippen LogP contribution >= 0.6 is 0 Å². The maximum Gasteiger partial charge on any atom is 0.140 e. The Morgan fingerprint density at radius 1 is 0.706 bits per heavy atom. The van der Waals surface area contributed by atoms with E-state index in [0.717, 1.165) is 30.4 Å². The summed E-state index contributed by atoms with van der Waals surface area (Å²) in [5.41, 5.74) is 7.93. The van der Waals surface area contributed by atoms with E-state index in [1.54, 1.807) is 0 Å². The predicted octanol–water partition coefficient (Wildman–Crippen LogP) is 7.56. The molecule has 1 aliphatic carbocycles. The second kappa shape index (κ2) is 7.33. The third kappa shape index (κ3) is 2.80. The molecule has 6 aromatic rings. The van der Waals surface area contributed by atoms with Crippen molar-refractivity contribution in [3.05, 3.63) is 102 Å². The summed E-state index contributed by atoms with van der Waals surface area (Å²) in [6.45, 7) is 4.57. The molecular formula is C31H27N3. The van der Waals surface area contributed by atoms with Gasteiger partial charge in [-0.3, -0.25) is 9.13 Å². The van der Waals surface area contributed by atoms with E-state index in [4.69, 9.17) is 4.98 Å². The predicted molar refractivity (Wildman–Crippen MR) is 141 cm³/mol. The van der Waals surface area contributed by atoms with Crippen molar-refractivity contribution in [2.45, 2.75) is 33.1 Å². The zero-order chi connectivity index (χ0) is 22.8. The number of benzene rings is 3. The van der Waals surface area contributed by atoms with Crippen LogP contribution in [0.1, 0.15) is 30.2 Å². The van der Waals surface area contributed by atoms with Crippen LogP contribution in [0.25, 0.3) is 44.3 Å². The number of fused-ring (bicyclic) bond motifs is 6. The first kappa shape index (κ1) is 19.6. The molecule has 0 aliphatic heterocycles. The van der Waals surface area contributed by atoms with Crippen LogP contribution in [0.4, 0.5) is 0 Å². The van der Waals surface area contributed by atoms with E-state index < -0.39 is 0 Å². The van der Waals surface area contributed by atoms with Crippen LogP contribution in [-0.2, 0) is 12.8 Å². The highest BCUT2D eigenvalue weighted by molar-refractivity contribution is 6.09. The molecule has 34 heavy (non-hydrogen) atoms. The molecule has 3 aromatic heterocycles. The summed E-state index contributed by atoms with van der Waals surface area (Å²) in [4.78, 5) is 5.28. The van der Waals surface area contributed by atoms with Crippen molar-refractivity contribution in [2.24, 2.45) is 5.92 Å². The molecule has 166 valence electrons. The Morgan fingerprint density at radius 3 is 2.09 bits per heavy atom. The number of hydrogen-bond acceptors (Lipinski definition) is 1. The topological polar surface area (TPSA) is 22.8 Å². The van der Waals surface area contributed by atoms with Gasteiger partial charge in [-0.05, 0) is 74.1 Å². The smallest absolute Gasteiger partial charge is 0.140 e. The molecule has 0 bridgehead atoms. The summed E-state index contributed by atoms with van der Waals surface area (Å²) in [6.07, 6.45) is 3.48. The Balaban J connectivity index is 1.50. The largest absolute Gasteiger partial charge is 0.298 e. The van der Waals surface area contributed by atoms with Crippen molar-refractivity contribution in [1.29, 1.82) is 0 Å². The molecule has 3 heteroatoms. The van der Waals surface area contributed by atoms with Gasteiger partial charge in [0.25, 0.3) is 0 Å². The first-order valence-corrected chi connectivity index (χ1v) is 12.3. The third-order valence-electron chi connectivity index (χ3n) is 7.52. The summed E-state index contributed by atoms with van der Waals surface area (Å²) in [5.74, 6) is 2.69. The number of rotatable bonds is 2. The molecule has 3 aromatic carbocycles. The van der Waals surface area contributed by atoms with E-state index in [1.165, 1.54) is 56.0 Å². The lowest BCUT2D eigenvalue weighted by molar-refractivity contribution is 0.495. The molecule has 0 fully saturated rings. The van der Waals surface area contributed by atoms with Crippen LogP contribution < -0.4 is 0 Å². The van der Waals surface area contributed by atoms with Crippen LogP contribution in [0.5, 0.6) is 0 Å². The maximum atomic E-state index is 5.28. The summed E-state index contributed by atoms with van der Waals surface area (Å²) >= 11 is 0. The summed E-state index contributed by atoms with van der Waals surface area (Å²) in [7, 11) is 0. The Bertz CT molecular complexity index is 1660. The minimum Gasteiger partial charge on any atom is -0.298 e. The highest BCUT2D eigenvalue weighted by atomic mass is 15.1. The second-order valence-corrected chi connectivity index (χ2v) is 9.85. The SMILES string of the molecule is Cc1ccc2c(c1)c1c(n2-c2cccc(-n3c4ccccc4c4ccccc43)n2)CCC(C)C1. The van der Waals surface area contributed by atoms with Gasteiger partial charge in [0.1, 0.15) is 11.6 Å². The molecule has 3 nitrogen and oxygen atoms in total. The van der Waals surface area contributed by atoms with Crippen molar-refractivity contribution in [1.82, 2.24) is 14.1 Å². The highest BCUT2D eigenvalue weighted by Crippen LogP contribution is 2.37. The zero-order valence-electron chi connectivity index (χ0n) is 19.6. The monoisotopic (exact) mass is 441 g/mol. The van der Waals surface area contributed by atoms with Gasteiger partial charge in [-0.25, -0.2) is 4.98 Å². The summed E-state index contributed by atoms with van der Waals surface area (Å²) in [5, 5.41) is 3.92. The number of aryl methyl sites for hydroxylation is 1. The maximum absolute atomic E-state index is 5.28. The van der Waals surface area contributed by atoms with Crippen LogP contribution in [0, 0.1) is 12.8 Å². The Hall–Kier alpha value is -3.85. The van der Waals surface area contributed by atoms with Gasteiger partial charge >= 0.3 is 0 Å². The molecule has 0 saturated heterocycles. The molecule has 1 unspecified atom stereocenters. The molecule has 1 aliphatic rings. The van der Waals surface area contributed by atoms with Crippen molar-refractivity contribution in [3.63, 3.8) is 0 Å². The number of aromatic nitrogens is 3. The second-order valence-electron chi connectivity index (χ2n) is 9.85. The van der Waals surface area contributed by atoms with Crippen LogP contribution in [0.15, 0.2) is 84.9 Å². The van der Waals surface area contributed by atoms with E-state index in [9.17, 15) is 0 Å². The molecule has 3 heterocycles. The van der Waals surface area contributed by atoms with Gasteiger partial charge < -0.3 is 0 Å². The van der Waals surface area contributed by atoms with Crippen molar-refractivity contribution < 1.29 is 0 Å². The van der Waals surface area contributed by atoms with E-state index in [-0.39, 0.29) is 0 Å². The Kier molecular flexibility index (Phi) is 4.22. The lowest BCUT2D eigenvalue weighted by Crippen LogP contribution is -2.14. The van der Waals surface area contributed by atoms with Crippen LogP contribution in [-0.4, -0.2) is 14.1 Å². The molecule has 7 rings (SSSR count). The molecule has 0 saturated carbocycles. The fourth-order valence-corrected chi connectivity index (χ4v) is 5.94. The average molecular weight is 442 g/mol. The zero-order valence-corrected chi connectivity index (χ0v) is 19.6. The Labute approximate surface area is 199 Å². The fourth-order valence-electron chi connectivity index (χ4n) is 5.94. The fraction of sp³-hybridized carbons (Fsp3) is 0.194. The highest BCUT2D eigenvalue weighted by Gasteiger charge is 2.25. The number of nitrogens with zero attached hydrogens (tertiary/aromatic N) is 3. The summed E-state index contributed by atoms with van der Waals surface area (Å²) < 4.78 is 4.73. The minimum atomic E-state index is 0.726. The third-order valence-corrected chi connectivity index (χ3v) is 7.52. The van der Waals surface area contributed by atoms with Crippen molar-refractivity contribution in [3.8, 4) is 11.6 Å². The molecule has 0 spiro atoms. The van der Waals surface area contributed by atoms with Crippen molar-refractivity contribution in [2.75, 3.05) is 0 Å². The number of pyridine rings is 1. The summed E-state index contributed by atoms with van der Waals surface area (Å²) in [6, 6.07) is 30.6. The van der Waals surface area contributed by atoms with E-state index in [0.29, 0.717) is 0 Å². The quantitative estimate of drug-likeness (QED) is 0.272. The van der Waals surface area contributed by atoms with E-state index in [1.807, 2.05) is 0 Å². The van der Waals surface area contributed by atoms with Gasteiger partial charge in [0.05, 0.1) is 16.6 Å². The van der Waals surface area contributed by atoms with E-state index in [2.05, 4.69) is 108 Å². The average Bonchev–Trinajstić information content (AvgIpc) is 3.36. The normalized spacial score (nSPS) is 15.9. The lowest BCUT2D eigenvalue weighted by Gasteiger charge is -2.21. The standard InChI is InChI=1S/C31H27N3/c1-20-14-16-28-24(18-20)25-19-21(2)15-17-29(25)34(28)31-13-7-12-30(32-31)33-26-10-5-3-8-22(26)23-9-4-6-11-27(23)33/h3-14,16,18,21H,15,17,19H2,1-2H3. The first-order chi connectivity index (χ1) is 16.7. The van der Waals surface area contributed by atoms with Crippen molar-refractivity contribution >= 4 is 32.7 Å². The van der Waals surface area contributed by atoms with Gasteiger partial charge in [0, 0.05) is 21.9 Å². The molecule has 1 atom stereocenters. The number of para-hydroxylation sites is 2. The van der Waals surface area contributed by atoms with Crippen LogP contribution in [0.2, 0.25) is 0 Å². The molecule has 0 radical (unpaired) electrons. The first-order valence-electron chi connectivity index (χ1n) is 12.3. The van der Waals surface area contributed by atoms with Gasteiger partial charge in [-0.1, -0.05) is 61.0 Å².